The first-order chi connectivity index (χ1) is 14.0. The first-order valence-corrected chi connectivity index (χ1v) is 10.0. The van der Waals surface area contributed by atoms with Gasteiger partial charge in [0.2, 0.25) is 5.91 Å². The Morgan fingerprint density at radius 1 is 1.17 bits per heavy atom. The molecular formula is C21H25N5O3. The van der Waals surface area contributed by atoms with Gasteiger partial charge in [-0.25, -0.2) is 4.79 Å². The van der Waals surface area contributed by atoms with Crippen LogP contribution in [0.5, 0.6) is 0 Å². The van der Waals surface area contributed by atoms with E-state index in [2.05, 4.69) is 21.9 Å². The van der Waals surface area contributed by atoms with Gasteiger partial charge >= 0.3 is 6.03 Å². The summed E-state index contributed by atoms with van der Waals surface area (Å²) in [6.07, 6.45) is 7.85. The van der Waals surface area contributed by atoms with Crippen molar-refractivity contribution in [1.82, 2.24) is 20.4 Å². The van der Waals surface area contributed by atoms with Crippen LogP contribution in [0.2, 0.25) is 0 Å². The predicted octanol–water partition coefficient (Wildman–Crippen LogP) is 2.55. The van der Waals surface area contributed by atoms with E-state index in [9.17, 15) is 14.4 Å². The third-order valence-corrected chi connectivity index (χ3v) is 5.63. The fourth-order valence-corrected chi connectivity index (χ4v) is 4.08. The lowest BCUT2D eigenvalue weighted by atomic mass is 9.91. The number of amides is 4. The summed E-state index contributed by atoms with van der Waals surface area (Å²) < 4.78 is 2.03. The number of nitrogens with zero attached hydrogens (tertiary/aromatic N) is 3. The van der Waals surface area contributed by atoms with Crippen LogP contribution in [0.4, 0.5) is 10.5 Å². The molecule has 1 aromatic heterocycles. The van der Waals surface area contributed by atoms with Gasteiger partial charge in [-0.05, 0) is 50.3 Å². The molecule has 8 heteroatoms. The molecule has 1 aromatic carbocycles. The molecule has 1 aliphatic heterocycles. The molecule has 2 heterocycles. The van der Waals surface area contributed by atoms with Crippen molar-refractivity contribution in [3.63, 3.8) is 0 Å². The van der Waals surface area contributed by atoms with Crippen molar-refractivity contribution in [2.24, 2.45) is 0 Å². The Labute approximate surface area is 169 Å². The highest BCUT2D eigenvalue weighted by Gasteiger charge is 2.29. The maximum atomic E-state index is 12.9. The highest BCUT2D eigenvalue weighted by molar-refractivity contribution is 6.09. The van der Waals surface area contributed by atoms with E-state index in [1.54, 1.807) is 24.3 Å². The lowest BCUT2D eigenvalue weighted by Crippen LogP contribution is -2.50. The van der Waals surface area contributed by atoms with Crippen LogP contribution in [0.15, 0.2) is 36.7 Å². The molecular weight excluding hydrogens is 370 g/mol. The molecule has 2 fully saturated rings. The third kappa shape index (κ3) is 4.16. The van der Waals surface area contributed by atoms with Gasteiger partial charge in [0, 0.05) is 25.2 Å². The second-order valence-electron chi connectivity index (χ2n) is 7.75. The molecule has 152 valence electrons. The zero-order valence-corrected chi connectivity index (χ0v) is 16.4. The number of rotatable bonds is 4. The molecule has 0 radical (unpaired) electrons. The smallest absolute Gasteiger partial charge is 0.328 e. The van der Waals surface area contributed by atoms with Crippen LogP contribution in [0.25, 0.3) is 0 Å². The van der Waals surface area contributed by atoms with E-state index in [4.69, 9.17) is 0 Å². The summed E-state index contributed by atoms with van der Waals surface area (Å²) in [4.78, 5) is 38.0. The molecule has 4 rings (SSSR count). The van der Waals surface area contributed by atoms with Crippen molar-refractivity contribution in [1.29, 1.82) is 0 Å². The van der Waals surface area contributed by atoms with E-state index in [0.717, 1.165) is 31.2 Å². The lowest BCUT2D eigenvalue weighted by Gasteiger charge is -2.31. The topological polar surface area (TPSA) is 96.3 Å². The van der Waals surface area contributed by atoms with Gasteiger partial charge in [0.25, 0.3) is 5.91 Å². The molecule has 2 N–H and O–H groups in total. The Bertz CT molecular complexity index is 930. The molecule has 8 nitrogen and oxygen atoms in total. The lowest BCUT2D eigenvalue weighted by molar-refractivity contribution is -0.120. The van der Waals surface area contributed by atoms with Crippen molar-refractivity contribution in [2.45, 2.75) is 51.1 Å². The van der Waals surface area contributed by atoms with Crippen LogP contribution < -0.4 is 15.5 Å². The number of imide groups is 1. The van der Waals surface area contributed by atoms with Crippen LogP contribution in [0, 0.1) is 6.92 Å². The number of anilines is 1. The molecule has 2 aromatic rings. The molecule has 2 aliphatic rings. The Kier molecular flexibility index (Phi) is 5.33. The standard InChI is InChI=1S/C21H25N5O3/c1-14-12-22-26(13-14)16-8-6-15(7-9-16)23-20(28)17-4-2-3-5-18(17)25-11-10-19(27)24-21(25)29/h2-5,12-13,15-16H,6-11H2,1H3,(H,23,28)(H,24,27,29). The van der Waals surface area contributed by atoms with Crippen molar-refractivity contribution < 1.29 is 14.4 Å². The molecule has 1 saturated carbocycles. The Morgan fingerprint density at radius 3 is 2.62 bits per heavy atom. The number of hydrogen-bond acceptors (Lipinski definition) is 4. The van der Waals surface area contributed by atoms with E-state index in [0.29, 0.717) is 17.3 Å². The van der Waals surface area contributed by atoms with Gasteiger partial charge in [0.1, 0.15) is 0 Å². The normalized spacial score (nSPS) is 22.3. The monoisotopic (exact) mass is 395 g/mol. The van der Waals surface area contributed by atoms with Gasteiger partial charge in [0.15, 0.2) is 0 Å². The highest BCUT2D eigenvalue weighted by Crippen LogP contribution is 2.29. The van der Waals surface area contributed by atoms with Gasteiger partial charge in [-0.3, -0.25) is 24.5 Å². The van der Waals surface area contributed by atoms with Crippen molar-refractivity contribution >= 4 is 23.5 Å². The summed E-state index contributed by atoms with van der Waals surface area (Å²) in [6, 6.07) is 7.00. The van der Waals surface area contributed by atoms with Gasteiger partial charge in [-0.15, -0.1) is 0 Å². The third-order valence-electron chi connectivity index (χ3n) is 5.63. The Hall–Kier alpha value is -3.16. The molecule has 1 saturated heterocycles. The number of benzene rings is 1. The Balaban J connectivity index is 1.41. The number of hydrogen-bond donors (Lipinski definition) is 2. The zero-order chi connectivity index (χ0) is 20.4. The molecule has 4 amide bonds. The van der Waals surface area contributed by atoms with Crippen molar-refractivity contribution in [3.8, 4) is 0 Å². The number of aryl methyl sites for hydroxylation is 1. The van der Waals surface area contributed by atoms with Gasteiger partial charge in [-0.1, -0.05) is 12.1 Å². The summed E-state index contributed by atoms with van der Waals surface area (Å²) >= 11 is 0. The number of carbonyl (C=O) groups excluding carboxylic acids is 3. The number of urea groups is 1. The highest BCUT2D eigenvalue weighted by atomic mass is 16.2. The maximum absolute atomic E-state index is 12.9. The number of para-hydroxylation sites is 1. The molecule has 29 heavy (non-hydrogen) atoms. The van der Waals surface area contributed by atoms with Crippen LogP contribution in [0.1, 0.15) is 54.1 Å². The first-order valence-electron chi connectivity index (χ1n) is 10.0. The molecule has 1 aliphatic carbocycles. The van der Waals surface area contributed by atoms with E-state index >= 15 is 0 Å². The van der Waals surface area contributed by atoms with Crippen LogP contribution in [-0.2, 0) is 4.79 Å². The predicted molar refractivity (Wildman–Crippen MR) is 108 cm³/mol. The fraction of sp³-hybridized carbons (Fsp3) is 0.429. The van der Waals surface area contributed by atoms with Gasteiger partial charge in [0.05, 0.1) is 23.5 Å². The molecule has 0 bridgehead atoms. The minimum absolute atomic E-state index is 0.0974. The van der Waals surface area contributed by atoms with E-state index in [-0.39, 0.29) is 30.8 Å². The summed E-state index contributed by atoms with van der Waals surface area (Å²) in [5, 5.41) is 9.84. The largest absolute Gasteiger partial charge is 0.349 e. The molecule has 0 spiro atoms. The average molecular weight is 395 g/mol. The summed E-state index contributed by atoms with van der Waals surface area (Å²) in [5.41, 5.74) is 2.12. The van der Waals surface area contributed by atoms with E-state index in [1.165, 1.54) is 4.90 Å². The minimum Gasteiger partial charge on any atom is -0.349 e. The summed E-state index contributed by atoms with van der Waals surface area (Å²) in [7, 11) is 0. The maximum Gasteiger partial charge on any atom is 0.328 e. The van der Waals surface area contributed by atoms with E-state index < -0.39 is 6.03 Å². The SMILES string of the molecule is Cc1cnn(C2CCC(NC(=O)c3ccccc3N3CCC(=O)NC3=O)CC2)c1. The zero-order valence-electron chi connectivity index (χ0n) is 16.4. The van der Waals surface area contributed by atoms with Crippen LogP contribution in [-0.4, -0.2) is 40.2 Å². The van der Waals surface area contributed by atoms with Crippen molar-refractivity contribution in [3.05, 3.63) is 47.8 Å². The van der Waals surface area contributed by atoms with Gasteiger partial charge in [-0.2, -0.15) is 5.10 Å². The van der Waals surface area contributed by atoms with E-state index in [1.807, 2.05) is 17.8 Å². The molecule has 0 unspecified atom stereocenters. The second kappa shape index (κ2) is 8.06. The summed E-state index contributed by atoms with van der Waals surface area (Å²) in [5.74, 6) is -0.485. The average Bonchev–Trinajstić information content (AvgIpc) is 3.15. The number of nitrogens with one attached hydrogen (secondary N) is 2. The minimum atomic E-state index is -0.489. The second-order valence-corrected chi connectivity index (χ2v) is 7.75. The number of aromatic nitrogens is 2. The van der Waals surface area contributed by atoms with Crippen LogP contribution >= 0.6 is 0 Å². The molecule has 0 atom stereocenters. The Morgan fingerprint density at radius 2 is 1.93 bits per heavy atom. The quantitative estimate of drug-likeness (QED) is 0.832. The number of carbonyl (C=O) groups is 3. The van der Waals surface area contributed by atoms with Gasteiger partial charge < -0.3 is 5.32 Å². The summed E-state index contributed by atoms with van der Waals surface area (Å²) in [6.45, 7) is 2.30. The first kappa shape index (κ1) is 19.2. The fourth-order valence-electron chi connectivity index (χ4n) is 4.08. The van der Waals surface area contributed by atoms with Crippen molar-refractivity contribution in [2.75, 3.05) is 11.4 Å². The van der Waals surface area contributed by atoms with Crippen LogP contribution in [0.3, 0.4) is 0 Å².